The van der Waals surface area contributed by atoms with Crippen LogP contribution in [0, 0.1) is 0 Å². The quantitative estimate of drug-likeness (QED) is 0.532. The minimum absolute atomic E-state index is 0.223. The van der Waals surface area contributed by atoms with Gasteiger partial charge in [-0.2, -0.15) is 0 Å². The molecular weight excluding hydrogens is 322 g/mol. The highest BCUT2D eigenvalue weighted by atomic mass is 16.5. The van der Waals surface area contributed by atoms with Crippen molar-refractivity contribution in [3.05, 3.63) is 95.7 Å². The lowest BCUT2D eigenvalue weighted by molar-refractivity contribution is 0.404. The average Bonchev–Trinajstić information content (AvgIpc) is 3.12. The van der Waals surface area contributed by atoms with Crippen LogP contribution in [0.3, 0.4) is 0 Å². The number of methoxy groups -OCH3 is 1. The second-order valence-corrected chi connectivity index (χ2v) is 6.62. The van der Waals surface area contributed by atoms with E-state index < -0.39 is 5.41 Å². The van der Waals surface area contributed by atoms with Gasteiger partial charge in [0, 0.05) is 34.1 Å². The van der Waals surface area contributed by atoms with Crippen molar-refractivity contribution in [3.63, 3.8) is 0 Å². The number of phenolic OH excluding ortho intramolecular Hbond substituents is 1. The number of hydrogen-bond donors (Lipinski definition) is 2. The minimum Gasteiger partial charge on any atom is -0.507 e. The van der Waals surface area contributed by atoms with E-state index in [2.05, 4.69) is 36.2 Å². The first-order valence-electron chi connectivity index (χ1n) is 8.64. The van der Waals surface area contributed by atoms with Gasteiger partial charge >= 0.3 is 0 Å². The van der Waals surface area contributed by atoms with E-state index in [1.54, 1.807) is 13.2 Å². The number of H-pyrrole nitrogens is 1. The maximum atomic E-state index is 10.8. The first kappa shape index (κ1) is 16.3. The molecule has 1 heterocycles. The van der Waals surface area contributed by atoms with Crippen molar-refractivity contribution in [3.8, 4) is 11.5 Å². The van der Waals surface area contributed by atoms with Crippen LogP contribution in [0.4, 0.5) is 0 Å². The molecule has 0 saturated carbocycles. The number of aromatic amines is 1. The molecule has 0 amide bonds. The average molecular weight is 343 g/mol. The molecule has 0 radical (unpaired) electrons. The van der Waals surface area contributed by atoms with E-state index in [-0.39, 0.29) is 5.75 Å². The molecule has 2 N–H and O–H groups in total. The van der Waals surface area contributed by atoms with E-state index in [1.807, 2.05) is 48.7 Å². The highest BCUT2D eigenvalue weighted by molar-refractivity contribution is 5.86. The summed E-state index contributed by atoms with van der Waals surface area (Å²) in [6, 6.07) is 24.0. The SMILES string of the molecule is COc1ccc([C@@](C)(c2ccccc2)c2c[nH]c3ccccc23)c(O)c1. The lowest BCUT2D eigenvalue weighted by Crippen LogP contribution is -2.25. The number of phenols is 1. The summed E-state index contributed by atoms with van der Waals surface area (Å²) in [7, 11) is 1.60. The van der Waals surface area contributed by atoms with Crippen LogP contribution in [0.5, 0.6) is 11.5 Å². The number of ether oxygens (including phenoxy) is 1. The number of nitrogens with one attached hydrogen (secondary N) is 1. The number of benzene rings is 3. The third-order valence-corrected chi connectivity index (χ3v) is 5.22. The van der Waals surface area contributed by atoms with Crippen LogP contribution in [0.1, 0.15) is 23.6 Å². The zero-order valence-corrected chi connectivity index (χ0v) is 14.9. The molecule has 3 heteroatoms. The predicted molar refractivity (Wildman–Crippen MR) is 105 cm³/mol. The van der Waals surface area contributed by atoms with Crippen molar-refractivity contribution < 1.29 is 9.84 Å². The smallest absolute Gasteiger partial charge is 0.123 e. The number of rotatable bonds is 4. The maximum absolute atomic E-state index is 10.8. The van der Waals surface area contributed by atoms with Crippen LogP contribution in [-0.4, -0.2) is 17.2 Å². The Kier molecular flexibility index (Phi) is 3.92. The van der Waals surface area contributed by atoms with Gasteiger partial charge in [-0.25, -0.2) is 0 Å². The van der Waals surface area contributed by atoms with Crippen molar-refractivity contribution in [2.75, 3.05) is 7.11 Å². The summed E-state index contributed by atoms with van der Waals surface area (Å²) in [5.41, 5.74) is 3.65. The van der Waals surface area contributed by atoms with Crippen molar-refractivity contribution in [1.29, 1.82) is 0 Å². The zero-order valence-electron chi connectivity index (χ0n) is 14.9. The van der Waals surface area contributed by atoms with Crippen molar-refractivity contribution >= 4 is 10.9 Å². The number of aromatic hydroxyl groups is 1. The van der Waals surface area contributed by atoms with Gasteiger partial charge in [0.1, 0.15) is 11.5 Å². The van der Waals surface area contributed by atoms with E-state index in [0.717, 1.165) is 27.6 Å². The summed E-state index contributed by atoms with van der Waals surface area (Å²) in [6.45, 7) is 2.15. The molecule has 0 saturated heterocycles. The monoisotopic (exact) mass is 343 g/mol. The predicted octanol–water partition coefficient (Wildman–Crippen LogP) is 5.24. The third kappa shape index (κ3) is 2.44. The standard InChI is InChI=1S/C23H21NO2/c1-23(16-8-4-3-5-9-16,19-13-12-17(26-2)14-22(19)25)20-15-24-21-11-7-6-10-18(20)21/h3-15,24-25H,1-2H3/t23-/m1/s1. The van der Waals surface area contributed by atoms with Crippen LogP contribution in [-0.2, 0) is 5.41 Å². The largest absolute Gasteiger partial charge is 0.507 e. The topological polar surface area (TPSA) is 45.2 Å². The van der Waals surface area contributed by atoms with Gasteiger partial charge < -0.3 is 14.8 Å². The molecule has 4 rings (SSSR count). The summed E-state index contributed by atoms with van der Waals surface area (Å²) in [5, 5.41) is 11.9. The number of fused-ring (bicyclic) bond motifs is 1. The fraction of sp³-hybridized carbons (Fsp3) is 0.130. The Hall–Kier alpha value is -3.20. The van der Waals surface area contributed by atoms with Crippen molar-refractivity contribution in [2.24, 2.45) is 0 Å². The normalized spacial score (nSPS) is 13.5. The molecule has 3 aromatic carbocycles. The van der Waals surface area contributed by atoms with Gasteiger partial charge in [0.25, 0.3) is 0 Å². The van der Waals surface area contributed by atoms with Crippen LogP contribution >= 0.6 is 0 Å². The second kappa shape index (κ2) is 6.26. The number of hydrogen-bond acceptors (Lipinski definition) is 2. The Bertz CT molecular complexity index is 1050. The van der Waals surface area contributed by atoms with Gasteiger partial charge in [0.05, 0.1) is 7.11 Å². The van der Waals surface area contributed by atoms with Crippen LogP contribution in [0.2, 0.25) is 0 Å². The number of para-hydroxylation sites is 1. The molecule has 0 aliphatic rings. The molecule has 0 aliphatic carbocycles. The Morgan fingerprint density at radius 3 is 2.35 bits per heavy atom. The molecule has 0 fully saturated rings. The summed E-state index contributed by atoms with van der Waals surface area (Å²) < 4.78 is 5.26. The highest BCUT2D eigenvalue weighted by Gasteiger charge is 2.35. The molecule has 0 unspecified atom stereocenters. The molecule has 4 aromatic rings. The third-order valence-electron chi connectivity index (χ3n) is 5.22. The van der Waals surface area contributed by atoms with E-state index in [9.17, 15) is 5.11 Å². The Morgan fingerprint density at radius 2 is 1.62 bits per heavy atom. The molecule has 3 nitrogen and oxygen atoms in total. The molecule has 0 spiro atoms. The van der Waals surface area contributed by atoms with Crippen molar-refractivity contribution in [2.45, 2.75) is 12.3 Å². The molecule has 0 bridgehead atoms. The highest BCUT2D eigenvalue weighted by Crippen LogP contribution is 2.45. The van der Waals surface area contributed by atoms with E-state index in [1.165, 1.54) is 0 Å². The lowest BCUT2D eigenvalue weighted by atomic mass is 9.70. The summed E-state index contributed by atoms with van der Waals surface area (Å²) >= 11 is 0. The van der Waals surface area contributed by atoms with Gasteiger partial charge in [-0.1, -0.05) is 54.6 Å². The van der Waals surface area contributed by atoms with E-state index in [0.29, 0.717) is 5.75 Å². The fourth-order valence-corrected chi connectivity index (χ4v) is 3.77. The molecule has 1 atom stereocenters. The molecule has 1 aromatic heterocycles. The second-order valence-electron chi connectivity index (χ2n) is 6.62. The van der Waals surface area contributed by atoms with Gasteiger partial charge in [-0.3, -0.25) is 0 Å². The van der Waals surface area contributed by atoms with E-state index in [4.69, 9.17) is 4.74 Å². The Morgan fingerprint density at radius 1 is 0.885 bits per heavy atom. The Balaban J connectivity index is 2.03. The fourth-order valence-electron chi connectivity index (χ4n) is 3.77. The van der Waals surface area contributed by atoms with Crippen LogP contribution in [0.25, 0.3) is 10.9 Å². The van der Waals surface area contributed by atoms with Gasteiger partial charge in [-0.15, -0.1) is 0 Å². The molecule has 0 aliphatic heterocycles. The number of aromatic nitrogens is 1. The van der Waals surface area contributed by atoms with Crippen LogP contribution in [0.15, 0.2) is 79.0 Å². The van der Waals surface area contributed by atoms with Gasteiger partial charge in [0.2, 0.25) is 0 Å². The molecule has 130 valence electrons. The maximum Gasteiger partial charge on any atom is 0.123 e. The molecule has 26 heavy (non-hydrogen) atoms. The summed E-state index contributed by atoms with van der Waals surface area (Å²) in [6.07, 6.45) is 2.04. The first-order chi connectivity index (χ1) is 12.6. The summed E-state index contributed by atoms with van der Waals surface area (Å²) in [5.74, 6) is 0.863. The first-order valence-corrected chi connectivity index (χ1v) is 8.64. The van der Waals surface area contributed by atoms with Gasteiger partial charge in [-0.05, 0) is 30.2 Å². The molecular formula is C23H21NO2. The van der Waals surface area contributed by atoms with Crippen molar-refractivity contribution in [1.82, 2.24) is 4.98 Å². The van der Waals surface area contributed by atoms with Crippen LogP contribution < -0.4 is 4.74 Å². The lowest BCUT2D eigenvalue weighted by Gasteiger charge is -2.32. The summed E-state index contributed by atoms with van der Waals surface area (Å²) in [4.78, 5) is 3.37. The minimum atomic E-state index is -0.517. The van der Waals surface area contributed by atoms with E-state index >= 15 is 0 Å². The zero-order chi connectivity index (χ0) is 18.1. The van der Waals surface area contributed by atoms with Gasteiger partial charge in [0.15, 0.2) is 0 Å². The Labute approximate surface area is 152 Å².